The molecule has 0 bridgehead atoms. The largest absolute Gasteiger partial charge is 0.328 e. The quantitative estimate of drug-likeness (QED) is 0.738. The van der Waals surface area contributed by atoms with E-state index in [2.05, 4.69) is 5.92 Å². The van der Waals surface area contributed by atoms with Gasteiger partial charge in [-0.15, -0.1) is 6.42 Å². The molecular weight excluding hydrogens is 222 g/mol. The highest BCUT2D eigenvalue weighted by molar-refractivity contribution is 6.31. The minimum atomic E-state index is -0.0554. The lowest BCUT2D eigenvalue weighted by Crippen LogP contribution is -2.31. The number of hydrogen-bond donors (Lipinski definition) is 0. The van der Waals surface area contributed by atoms with E-state index in [9.17, 15) is 4.79 Å². The minimum Gasteiger partial charge on any atom is -0.328 e. The average Bonchev–Trinajstić information content (AvgIpc) is 2.28. The Kier molecular flexibility index (Phi) is 4.39. The zero-order chi connectivity index (χ0) is 12.1. The van der Waals surface area contributed by atoms with Crippen molar-refractivity contribution in [3.63, 3.8) is 0 Å². The Labute approximate surface area is 101 Å². The number of terminal acetylenes is 1. The number of nitrogens with zero attached hydrogens (tertiary/aromatic N) is 1. The number of carbonyl (C=O) groups is 1. The number of carbonyl (C=O) groups excluding carboxylic acids is 1. The molecule has 0 atom stereocenters. The van der Waals surface area contributed by atoms with Crippen LogP contribution >= 0.6 is 11.6 Å². The molecule has 0 aliphatic rings. The molecule has 0 aliphatic carbocycles. The lowest BCUT2D eigenvalue weighted by atomic mass is 10.1. The smallest absolute Gasteiger partial charge is 0.254 e. The second-order valence-electron chi connectivity index (χ2n) is 3.49. The molecule has 16 heavy (non-hydrogen) atoms. The summed E-state index contributed by atoms with van der Waals surface area (Å²) >= 11 is 5.90. The predicted molar refractivity (Wildman–Crippen MR) is 66.6 cm³/mol. The molecule has 0 aliphatic heterocycles. The Bertz CT molecular complexity index is 434. The maximum atomic E-state index is 12.0. The molecular formula is C13H14ClNO. The average molecular weight is 236 g/mol. The molecule has 0 spiro atoms. The summed E-state index contributed by atoms with van der Waals surface area (Å²) in [6.45, 7) is 4.70. The summed E-state index contributed by atoms with van der Waals surface area (Å²) in [6.07, 6.45) is 5.21. The van der Waals surface area contributed by atoms with Crippen LogP contribution in [-0.4, -0.2) is 23.9 Å². The Hall–Kier alpha value is -1.46. The van der Waals surface area contributed by atoms with E-state index in [-0.39, 0.29) is 5.91 Å². The fourth-order valence-corrected chi connectivity index (χ4v) is 1.52. The van der Waals surface area contributed by atoms with Crippen molar-refractivity contribution in [1.29, 1.82) is 0 Å². The molecule has 0 N–H and O–H groups in total. The van der Waals surface area contributed by atoms with Gasteiger partial charge in [0.25, 0.3) is 5.91 Å². The maximum absolute atomic E-state index is 12.0. The van der Waals surface area contributed by atoms with Gasteiger partial charge in [-0.2, -0.15) is 0 Å². The van der Waals surface area contributed by atoms with Gasteiger partial charge in [0.1, 0.15) is 0 Å². The number of aryl methyl sites for hydroxylation is 1. The van der Waals surface area contributed by atoms with Crippen LogP contribution in [-0.2, 0) is 0 Å². The van der Waals surface area contributed by atoms with Gasteiger partial charge in [0.15, 0.2) is 0 Å². The van der Waals surface area contributed by atoms with E-state index < -0.39 is 0 Å². The van der Waals surface area contributed by atoms with Crippen molar-refractivity contribution in [3.8, 4) is 12.3 Å². The first-order chi connectivity index (χ1) is 7.60. The first kappa shape index (κ1) is 12.6. The minimum absolute atomic E-state index is 0.0554. The van der Waals surface area contributed by atoms with Crippen molar-refractivity contribution in [2.45, 2.75) is 13.8 Å². The first-order valence-corrected chi connectivity index (χ1v) is 5.46. The zero-order valence-corrected chi connectivity index (χ0v) is 10.2. The third kappa shape index (κ3) is 2.77. The fourth-order valence-electron chi connectivity index (χ4n) is 1.40. The summed E-state index contributed by atoms with van der Waals surface area (Å²) in [6, 6.07) is 5.23. The molecule has 0 saturated heterocycles. The van der Waals surface area contributed by atoms with Crippen LogP contribution in [0.1, 0.15) is 22.8 Å². The lowest BCUT2D eigenvalue weighted by molar-refractivity contribution is 0.0785. The molecule has 0 radical (unpaired) electrons. The van der Waals surface area contributed by atoms with Gasteiger partial charge in [-0.05, 0) is 37.6 Å². The summed E-state index contributed by atoms with van der Waals surface area (Å²) in [7, 11) is 0. The van der Waals surface area contributed by atoms with E-state index in [0.29, 0.717) is 23.7 Å². The molecule has 1 rings (SSSR count). The molecule has 0 fully saturated rings. The Morgan fingerprint density at radius 3 is 2.75 bits per heavy atom. The Balaban J connectivity index is 2.95. The monoisotopic (exact) mass is 235 g/mol. The van der Waals surface area contributed by atoms with Crippen LogP contribution < -0.4 is 0 Å². The Morgan fingerprint density at radius 1 is 1.56 bits per heavy atom. The van der Waals surface area contributed by atoms with Crippen LogP contribution in [0.4, 0.5) is 0 Å². The van der Waals surface area contributed by atoms with Crippen LogP contribution in [0.5, 0.6) is 0 Å². The van der Waals surface area contributed by atoms with Gasteiger partial charge < -0.3 is 4.90 Å². The summed E-state index contributed by atoms with van der Waals surface area (Å²) in [5.41, 5.74) is 1.52. The van der Waals surface area contributed by atoms with E-state index in [0.717, 1.165) is 5.56 Å². The van der Waals surface area contributed by atoms with Crippen LogP contribution in [0.15, 0.2) is 18.2 Å². The van der Waals surface area contributed by atoms with Crippen molar-refractivity contribution in [2.24, 2.45) is 0 Å². The highest BCUT2D eigenvalue weighted by Gasteiger charge is 2.13. The van der Waals surface area contributed by atoms with Crippen molar-refractivity contribution < 1.29 is 4.79 Å². The SMILES string of the molecule is C#CCN(CC)C(=O)c1ccc(Cl)c(C)c1. The van der Waals surface area contributed by atoms with E-state index in [4.69, 9.17) is 18.0 Å². The van der Waals surface area contributed by atoms with Crippen LogP contribution in [0, 0.1) is 19.3 Å². The third-order valence-electron chi connectivity index (χ3n) is 2.36. The summed E-state index contributed by atoms with van der Waals surface area (Å²) in [5.74, 6) is 2.42. The first-order valence-electron chi connectivity index (χ1n) is 5.09. The highest BCUT2D eigenvalue weighted by atomic mass is 35.5. The summed E-state index contributed by atoms with van der Waals surface area (Å²) < 4.78 is 0. The van der Waals surface area contributed by atoms with Crippen molar-refractivity contribution in [1.82, 2.24) is 4.90 Å². The second kappa shape index (κ2) is 5.58. The molecule has 2 nitrogen and oxygen atoms in total. The molecule has 1 aromatic carbocycles. The van der Waals surface area contributed by atoms with Crippen LogP contribution in [0.3, 0.4) is 0 Å². The highest BCUT2D eigenvalue weighted by Crippen LogP contribution is 2.17. The molecule has 84 valence electrons. The number of benzene rings is 1. The summed E-state index contributed by atoms with van der Waals surface area (Å²) in [4.78, 5) is 13.6. The molecule has 0 saturated carbocycles. The summed E-state index contributed by atoms with van der Waals surface area (Å²) in [5, 5.41) is 0.663. The topological polar surface area (TPSA) is 20.3 Å². The van der Waals surface area contributed by atoms with Crippen LogP contribution in [0.25, 0.3) is 0 Å². The van der Waals surface area contributed by atoms with Gasteiger partial charge in [-0.3, -0.25) is 4.79 Å². The van der Waals surface area contributed by atoms with Crippen molar-refractivity contribution in [3.05, 3.63) is 34.3 Å². The number of halogens is 1. The van der Waals surface area contributed by atoms with Crippen molar-refractivity contribution in [2.75, 3.05) is 13.1 Å². The molecule has 0 unspecified atom stereocenters. The normalized spacial score (nSPS) is 9.62. The molecule has 0 heterocycles. The van der Waals surface area contributed by atoms with Gasteiger partial charge in [0.05, 0.1) is 6.54 Å². The molecule has 1 aromatic rings. The van der Waals surface area contributed by atoms with Gasteiger partial charge in [0.2, 0.25) is 0 Å². The van der Waals surface area contributed by atoms with Gasteiger partial charge in [-0.1, -0.05) is 17.5 Å². The zero-order valence-electron chi connectivity index (χ0n) is 9.46. The van der Waals surface area contributed by atoms with Gasteiger partial charge in [-0.25, -0.2) is 0 Å². The van der Waals surface area contributed by atoms with E-state index in [1.165, 1.54) is 0 Å². The number of amides is 1. The number of rotatable bonds is 3. The van der Waals surface area contributed by atoms with E-state index >= 15 is 0 Å². The van der Waals surface area contributed by atoms with Gasteiger partial charge in [0, 0.05) is 17.1 Å². The van der Waals surface area contributed by atoms with Gasteiger partial charge >= 0.3 is 0 Å². The number of hydrogen-bond acceptors (Lipinski definition) is 1. The van der Waals surface area contributed by atoms with E-state index in [1.54, 1.807) is 23.1 Å². The maximum Gasteiger partial charge on any atom is 0.254 e. The van der Waals surface area contributed by atoms with Crippen molar-refractivity contribution >= 4 is 17.5 Å². The van der Waals surface area contributed by atoms with Crippen LogP contribution in [0.2, 0.25) is 5.02 Å². The molecule has 3 heteroatoms. The third-order valence-corrected chi connectivity index (χ3v) is 2.78. The van der Waals surface area contributed by atoms with E-state index in [1.807, 2.05) is 13.8 Å². The predicted octanol–water partition coefficient (Wildman–Crippen LogP) is 2.74. The second-order valence-corrected chi connectivity index (χ2v) is 3.89. The fraction of sp³-hybridized carbons (Fsp3) is 0.308. The standard InChI is InChI=1S/C13H14ClNO/c1-4-8-15(5-2)13(16)11-6-7-12(14)10(3)9-11/h1,6-7,9H,5,8H2,2-3H3. The molecule has 1 amide bonds. The Morgan fingerprint density at radius 2 is 2.25 bits per heavy atom. The lowest BCUT2D eigenvalue weighted by Gasteiger charge is -2.18. The molecule has 0 aromatic heterocycles.